The SMILES string of the molecule is CC(C)(C)c1ccc(-c2cc(-c3ccc(C(C)(C)C)cc3)cc(-c3ccc4c(c3)C(C)(C)c3cc(B5OC(C)(C)C(C)(C)O5)ccc3-4)c2)cc1. The smallest absolute Gasteiger partial charge is 0.399 e. The van der Waals surface area contributed by atoms with Crippen molar-refractivity contribution in [1.82, 2.24) is 0 Å². The Labute approximate surface area is 301 Å². The molecule has 3 heteroatoms. The lowest BCUT2D eigenvalue weighted by molar-refractivity contribution is 0.00578. The van der Waals surface area contributed by atoms with E-state index in [-0.39, 0.29) is 34.6 Å². The number of hydrogen-bond acceptors (Lipinski definition) is 2. The molecule has 1 fully saturated rings. The third kappa shape index (κ3) is 5.97. The van der Waals surface area contributed by atoms with Crippen molar-refractivity contribution in [3.63, 3.8) is 0 Å². The summed E-state index contributed by atoms with van der Waals surface area (Å²) in [5, 5.41) is 0. The standard InChI is InChI=1S/C47H53BO2/c1-43(2,3)36-18-13-30(14-19-36)33-25-34(31-15-20-37(21-16-31)44(4,5)6)27-35(26-33)32-17-23-39-40-24-22-38(29-42(40)45(7,8)41(39)28-32)48-49-46(9,10)47(11,12)50-48/h13-29H,1-12H3. The molecule has 2 aliphatic rings. The van der Waals surface area contributed by atoms with Crippen molar-refractivity contribution >= 4 is 12.6 Å². The third-order valence-electron chi connectivity index (χ3n) is 11.7. The van der Waals surface area contributed by atoms with Crippen LogP contribution in [-0.4, -0.2) is 18.3 Å². The van der Waals surface area contributed by atoms with Crippen molar-refractivity contribution in [2.24, 2.45) is 0 Å². The second kappa shape index (κ2) is 11.6. The normalized spacial score (nSPS) is 17.5. The molecule has 0 aromatic heterocycles. The molecule has 1 aliphatic heterocycles. The summed E-state index contributed by atoms with van der Waals surface area (Å²) in [6.45, 7) is 26.8. The Bertz CT molecular complexity index is 1990. The first-order chi connectivity index (χ1) is 23.2. The van der Waals surface area contributed by atoms with Gasteiger partial charge in [0.05, 0.1) is 11.2 Å². The van der Waals surface area contributed by atoms with Crippen LogP contribution in [0.15, 0.2) is 103 Å². The van der Waals surface area contributed by atoms with E-state index >= 15 is 0 Å². The first-order valence-corrected chi connectivity index (χ1v) is 18.3. The van der Waals surface area contributed by atoms with Gasteiger partial charge in [-0.2, -0.15) is 0 Å². The number of fused-ring (bicyclic) bond motifs is 3. The Kier molecular flexibility index (Phi) is 7.98. The fraction of sp³-hybridized carbons (Fsp3) is 0.362. The zero-order chi connectivity index (χ0) is 36.0. The molecule has 5 aromatic rings. The molecule has 0 amide bonds. The molecule has 50 heavy (non-hydrogen) atoms. The molecule has 1 heterocycles. The lowest BCUT2D eigenvalue weighted by Crippen LogP contribution is -2.41. The van der Waals surface area contributed by atoms with Crippen LogP contribution in [0.4, 0.5) is 0 Å². The highest BCUT2D eigenvalue weighted by atomic mass is 16.7. The molecule has 0 N–H and O–H groups in total. The van der Waals surface area contributed by atoms with Gasteiger partial charge in [0.1, 0.15) is 0 Å². The molecule has 0 radical (unpaired) electrons. The van der Waals surface area contributed by atoms with E-state index in [0.29, 0.717) is 0 Å². The average molecular weight is 661 g/mol. The maximum atomic E-state index is 6.45. The largest absolute Gasteiger partial charge is 0.494 e. The van der Waals surface area contributed by atoms with Gasteiger partial charge >= 0.3 is 7.12 Å². The molecule has 5 aromatic carbocycles. The van der Waals surface area contributed by atoms with Crippen LogP contribution in [0, 0.1) is 0 Å². The van der Waals surface area contributed by atoms with Crippen molar-refractivity contribution in [2.45, 2.75) is 111 Å². The minimum atomic E-state index is -0.378. The quantitative estimate of drug-likeness (QED) is 0.179. The molecule has 2 nitrogen and oxygen atoms in total. The topological polar surface area (TPSA) is 18.5 Å². The van der Waals surface area contributed by atoms with Gasteiger partial charge in [-0.15, -0.1) is 0 Å². The summed E-state index contributed by atoms with van der Waals surface area (Å²) in [6, 6.07) is 39.2. The highest BCUT2D eigenvalue weighted by Crippen LogP contribution is 2.50. The fourth-order valence-electron chi connectivity index (χ4n) is 7.51. The van der Waals surface area contributed by atoms with E-state index in [1.165, 1.54) is 66.8 Å². The lowest BCUT2D eigenvalue weighted by atomic mass is 9.74. The van der Waals surface area contributed by atoms with Crippen LogP contribution in [0.5, 0.6) is 0 Å². The van der Waals surface area contributed by atoms with Gasteiger partial charge in [0, 0.05) is 5.41 Å². The summed E-state index contributed by atoms with van der Waals surface area (Å²) in [5.41, 5.74) is 15.7. The number of hydrogen-bond donors (Lipinski definition) is 0. The van der Waals surface area contributed by atoms with E-state index in [9.17, 15) is 0 Å². The predicted octanol–water partition coefficient (Wildman–Crippen LogP) is 11.9. The van der Waals surface area contributed by atoms with E-state index in [0.717, 1.165) is 5.46 Å². The first kappa shape index (κ1) is 34.5. The molecule has 7 rings (SSSR count). The van der Waals surface area contributed by atoms with Crippen LogP contribution in [0.1, 0.15) is 105 Å². The van der Waals surface area contributed by atoms with Crippen LogP contribution in [0.3, 0.4) is 0 Å². The first-order valence-electron chi connectivity index (χ1n) is 18.3. The minimum Gasteiger partial charge on any atom is -0.399 e. The second-order valence-electron chi connectivity index (χ2n) is 18.2. The molecule has 1 aliphatic carbocycles. The van der Waals surface area contributed by atoms with Gasteiger partial charge < -0.3 is 9.31 Å². The van der Waals surface area contributed by atoms with Gasteiger partial charge in [0.15, 0.2) is 0 Å². The Morgan fingerprint density at radius 2 is 0.800 bits per heavy atom. The maximum absolute atomic E-state index is 6.45. The lowest BCUT2D eigenvalue weighted by Gasteiger charge is -2.32. The second-order valence-corrected chi connectivity index (χ2v) is 18.2. The summed E-state index contributed by atoms with van der Waals surface area (Å²) in [4.78, 5) is 0. The van der Waals surface area contributed by atoms with Gasteiger partial charge in [0.25, 0.3) is 0 Å². The van der Waals surface area contributed by atoms with Crippen LogP contribution in [-0.2, 0) is 25.6 Å². The van der Waals surface area contributed by atoms with E-state index in [1.807, 2.05) is 0 Å². The molecule has 1 saturated heterocycles. The van der Waals surface area contributed by atoms with Crippen molar-refractivity contribution in [1.29, 1.82) is 0 Å². The number of benzene rings is 5. The highest BCUT2D eigenvalue weighted by Gasteiger charge is 2.52. The summed E-state index contributed by atoms with van der Waals surface area (Å²) in [6.07, 6.45) is 0. The van der Waals surface area contributed by atoms with E-state index < -0.39 is 0 Å². The zero-order valence-electron chi connectivity index (χ0n) is 32.2. The Morgan fingerprint density at radius 1 is 0.420 bits per heavy atom. The third-order valence-corrected chi connectivity index (χ3v) is 11.7. The summed E-state index contributed by atoms with van der Waals surface area (Å²) >= 11 is 0. The minimum absolute atomic E-state index is 0.111. The summed E-state index contributed by atoms with van der Waals surface area (Å²) in [7, 11) is -0.378. The Balaban J connectivity index is 1.30. The van der Waals surface area contributed by atoms with Gasteiger partial charge in [-0.05, 0) is 135 Å². The van der Waals surface area contributed by atoms with Crippen molar-refractivity contribution in [2.75, 3.05) is 0 Å². The van der Waals surface area contributed by atoms with E-state index in [2.05, 4.69) is 186 Å². The van der Waals surface area contributed by atoms with Crippen molar-refractivity contribution < 1.29 is 9.31 Å². The van der Waals surface area contributed by atoms with Crippen molar-refractivity contribution in [3.8, 4) is 44.5 Å². The monoisotopic (exact) mass is 660 g/mol. The van der Waals surface area contributed by atoms with Crippen LogP contribution < -0.4 is 5.46 Å². The van der Waals surface area contributed by atoms with Crippen LogP contribution in [0.2, 0.25) is 0 Å². The van der Waals surface area contributed by atoms with Crippen molar-refractivity contribution in [3.05, 3.63) is 125 Å². The Hall–Kier alpha value is -3.92. The van der Waals surface area contributed by atoms with Gasteiger partial charge in [0.2, 0.25) is 0 Å². The molecular weight excluding hydrogens is 607 g/mol. The Morgan fingerprint density at radius 3 is 1.24 bits per heavy atom. The van der Waals surface area contributed by atoms with E-state index in [4.69, 9.17) is 9.31 Å². The molecular formula is C47H53BO2. The van der Waals surface area contributed by atoms with Gasteiger partial charge in [-0.3, -0.25) is 0 Å². The van der Waals surface area contributed by atoms with Gasteiger partial charge in [-0.1, -0.05) is 134 Å². The average Bonchev–Trinajstić information content (AvgIpc) is 3.42. The zero-order valence-corrected chi connectivity index (χ0v) is 32.2. The number of rotatable bonds is 4. The molecule has 0 bridgehead atoms. The molecule has 0 atom stereocenters. The fourth-order valence-corrected chi connectivity index (χ4v) is 7.51. The summed E-state index contributed by atoms with van der Waals surface area (Å²) < 4.78 is 12.9. The molecule has 0 unspecified atom stereocenters. The predicted molar refractivity (Wildman–Crippen MR) is 213 cm³/mol. The molecule has 256 valence electrons. The highest BCUT2D eigenvalue weighted by molar-refractivity contribution is 6.62. The van der Waals surface area contributed by atoms with E-state index in [1.54, 1.807) is 0 Å². The molecule has 0 spiro atoms. The van der Waals surface area contributed by atoms with Crippen LogP contribution >= 0.6 is 0 Å². The van der Waals surface area contributed by atoms with Gasteiger partial charge in [-0.25, -0.2) is 0 Å². The molecule has 0 saturated carbocycles. The van der Waals surface area contributed by atoms with Crippen LogP contribution in [0.25, 0.3) is 44.5 Å². The summed E-state index contributed by atoms with van der Waals surface area (Å²) in [5.74, 6) is 0. The maximum Gasteiger partial charge on any atom is 0.494 e.